The van der Waals surface area contributed by atoms with Gasteiger partial charge in [-0.1, -0.05) is 24.3 Å². The molecule has 0 aromatic heterocycles. The molecule has 2 aromatic rings. The number of anilines is 1. The lowest BCUT2D eigenvalue weighted by Crippen LogP contribution is -2.53. The smallest absolute Gasteiger partial charge is 0.414 e. The van der Waals surface area contributed by atoms with E-state index in [1.165, 1.54) is 37.2 Å². The molecule has 35 heavy (non-hydrogen) atoms. The number of likely N-dealkylation sites (tertiary alicyclic amines) is 1. The summed E-state index contributed by atoms with van der Waals surface area (Å²) >= 11 is 0. The largest absolute Gasteiger partial charge is 0.497 e. The van der Waals surface area contributed by atoms with Crippen LogP contribution in [-0.4, -0.2) is 91.5 Å². The van der Waals surface area contributed by atoms with Gasteiger partial charge in [0.1, 0.15) is 11.5 Å². The van der Waals surface area contributed by atoms with E-state index in [0.717, 1.165) is 50.3 Å². The highest BCUT2D eigenvalue weighted by molar-refractivity contribution is 6.27. The normalized spacial score (nSPS) is 17.3. The molecule has 2 N–H and O–H groups in total. The molecule has 9 heteroatoms. The van der Waals surface area contributed by atoms with Crippen molar-refractivity contribution in [1.29, 1.82) is 0 Å². The van der Waals surface area contributed by atoms with Crippen molar-refractivity contribution < 1.29 is 29.3 Å². The number of para-hydroxylation sites is 2. The average Bonchev–Trinajstić information content (AvgIpc) is 2.89. The zero-order valence-corrected chi connectivity index (χ0v) is 20.4. The predicted octanol–water partition coefficient (Wildman–Crippen LogP) is 2.65. The third-order valence-electron chi connectivity index (χ3n) is 6.54. The number of nitrogens with zero attached hydrogens (tertiary/aromatic N) is 3. The molecule has 0 atom stereocenters. The molecule has 2 aromatic carbocycles. The fourth-order valence-electron chi connectivity index (χ4n) is 4.69. The van der Waals surface area contributed by atoms with E-state index in [2.05, 4.69) is 51.1 Å². The Bertz CT molecular complexity index is 957. The lowest BCUT2D eigenvalue weighted by atomic mass is 10.0. The van der Waals surface area contributed by atoms with Gasteiger partial charge in [0, 0.05) is 38.8 Å². The maximum atomic E-state index is 9.10. The Kier molecular flexibility index (Phi) is 9.75. The summed E-state index contributed by atoms with van der Waals surface area (Å²) in [7, 11) is 3.49. The Morgan fingerprint density at radius 1 is 0.857 bits per heavy atom. The topological polar surface area (TPSA) is 103 Å². The number of benzene rings is 2. The van der Waals surface area contributed by atoms with Gasteiger partial charge in [-0.3, -0.25) is 9.80 Å². The van der Waals surface area contributed by atoms with Crippen LogP contribution in [0.2, 0.25) is 0 Å². The Morgan fingerprint density at radius 3 is 2.11 bits per heavy atom. The molecule has 0 amide bonds. The fraction of sp³-hybridized carbons (Fsp3) is 0.462. The highest BCUT2D eigenvalue weighted by Crippen LogP contribution is 2.29. The van der Waals surface area contributed by atoms with Crippen LogP contribution in [-0.2, 0) is 16.1 Å². The van der Waals surface area contributed by atoms with Gasteiger partial charge in [-0.2, -0.15) is 0 Å². The SMILES string of the molecule is COc1cccc(CN2CCC(N3CCN(c4ccccc4OC)CC3)CC2)c1.O=C(O)C(=O)O. The van der Waals surface area contributed by atoms with E-state index in [-0.39, 0.29) is 0 Å². The lowest BCUT2D eigenvalue weighted by molar-refractivity contribution is -0.159. The second-order valence-electron chi connectivity index (χ2n) is 8.66. The number of methoxy groups -OCH3 is 2. The maximum absolute atomic E-state index is 9.10. The van der Waals surface area contributed by atoms with Gasteiger partial charge in [0.15, 0.2) is 0 Å². The molecule has 2 aliphatic heterocycles. The first-order valence-corrected chi connectivity index (χ1v) is 11.8. The lowest BCUT2D eigenvalue weighted by Gasteiger charge is -2.43. The molecule has 0 bridgehead atoms. The standard InChI is InChI=1S/C24H33N3O2.C2H2O4/c1-28-22-7-5-6-20(18-22)19-25-12-10-21(11-13-25)26-14-16-27(17-15-26)23-8-3-4-9-24(23)29-2;3-1(4)2(5)6/h3-9,18,21H,10-17,19H2,1-2H3;(H,3,4)(H,5,6). The molecule has 0 radical (unpaired) electrons. The Morgan fingerprint density at radius 2 is 1.51 bits per heavy atom. The van der Waals surface area contributed by atoms with Crippen LogP contribution in [0.25, 0.3) is 0 Å². The van der Waals surface area contributed by atoms with Crippen LogP contribution in [0.1, 0.15) is 18.4 Å². The highest BCUT2D eigenvalue weighted by atomic mass is 16.5. The first-order valence-electron chi connectivity index (χ1n) is 11.8. The number of hydrogen-bond donors (Lipinski definition) is 2. The molecule has 190 valence electrons. The number of piperidine rings is 1. The van der Waals surface area contributed by atoms with Crippen molar-refractivity contribution in [3.63, 3.8) is 0 Å². The van der Waals surface area contributed by atoms with Gasteiger partial charge in [-0.25, -0.2) is 9.59 Å². The van der Waals surface area contributed by atoms with Gasteiger partial charge < -0.3 is 24.6 Å². The van der Waals surface area contributed by atoms with Gasteiger partial charge in [0.25, 0.3) is 0 Å². The monoisotopic (exact) mass is 485 g/mol. The Balaban J connectivity index is 0.000000509. The minimum absolute atomic E-state index is 0.719. The van der Waals surface area contributed by atoms with Crippen molar-refractivity contribution >= 4 is 17.6 Å². The van der Waals surface area contributed by atoms with Crippen LogP contribution in [0.3, 0.4) is 0 Å². The van der Waals surface area contributed by atoms with E-state index in [1.807, 2.05) is 12.1 Å². The molecule has 0 spiro atoms. The van der Waals surface area contributed by atoms with E-state index in [0.29, 0.717) is 0 Å². The van der Waals surface area contributed by atoms with Crippen molar-refractivity contribution in [2.24, 2.45) is 0 Å². The summed E-state index contributed by atoms with van der Waals surface area (Å²) in [6.45, 7) is 7.79. The van der Waals surface area contributed by atoms with Crippen molar-refractivity contribution in [2.75, 3.05) is 58.4 Å². The highest BCUT2D eigenvalue weighted by Gasteiger charge is 2.28. The Hall–Kier alpha value is -3.30. The summed E-state index contributed by atoms with van der Waals surface area (Å²) in [5.74, 6) is -1.72. The van der Waals surface area contributed by atoms with Gasteiger partial charge >= 0.3 is 11.9 Å². The molecule has 0 saturated carbocycles. The van der Waals surface area contributed by atoms with Crippen LogP contribution in [0.15, 0.2) is 48.5 Å². The predicted molar refractivity (Wildman–Crippen MR) is 133 cm³/mol. The minimum Gasteiger partial charge on any atom is -0.497 e. The summed E-state index contributed by atoms with van der Waals surface area (Å²) in [4.78, 5) is 25.9. The molecular weight excluding hydrogens is 450 g/mol. The second-order valence-corrected chi connectivity index (χ2v) is 8.66. The van der Waals surface area contributed by atoms with Gasteiger partial charge in [0.05, 0.1) is 19.9 Å². The van der Waals surface area contributed by atoms with Crippen LogP contribution in [0, 0.1) is 0 Å². The summed E-state index contributed by atoms with van der Waals surface area (Å²) in [6, 6.07) is 17.5. The molecule has 0 aliphatic carbocycles. The molecule has 2 fully saturated rings. The maximum Gasteiger partial charge on any atom is 0.414 e. The summed E-state index contributed by atoms with van der Waals surface area (Å²) in [6.07, 6.45) is 2.53. The number of carboxylic acid groups (broad SMARTS) is 2. The number of carbonyl (C=O) groups is 2. The molecule has 2 saturated heterocycles. The number of hydrogen-bond acceptors (Lipinski definition) is 7. The number of ether oxygens (including phenoxy) is 2. The number of carboxylic acids is 2. The van der Waals surface area contributed by atoms with Crippen molar-refractivity contribution in [3.8, 4) is 11.5 Å². The fourth-order valence-corrected chi connectivity index (χ4v) is 4.69. The first kappa shape index (κ1) is 26.3. The van der Waals surface area contributed by atoms with E-state index in [1.54, 1.807) is 14.2 Å². The van der Waals surface area contributed by atoms with E-state index < -0.39 is 11.9 Å². The molecular formula is C26H35N3O6. The van der Waals surface area contributed by atoms with Crippen LogP contribution < -0.4 is 14.4 Å². The van der Waals surface area contributed by atoms with Crippen LogP contribution in [0.4, 0.5) is 5.69 Å². The summed E-state index contributed by atoms with van der Waals surface area (Å²) in [5, 5.41) is 14.8. The van der Waals surface area contributed by atoms with E-state index >= 15 is 0 Å². The van der Waals surface area contributed by atoms with Gasteiger partial charge in [-0.05, 0) is 55.8 Å². The van der Waals surface area contributed by atoms with E-state index in [4.69, 9.17) is 29.3 Å². The zero-order valence-electron chi connectivity index (χ0n) is 20.4. The number of piperazine rings is 1. The summed E-state index contributed by atoms with van der Waals surface area (Å²) in [5.41, 5.74) is 2.57. The van der Waals surface area contributed by atoms with Crippen LogP contribution >= 0.6 is 0 Å². The quantitative estimate of drug-likeness (QED) is 0.598. The Labute approximate surface area is 206 Å². The third kappa shape index (κ3) is 7.60. The zero-order chi connectivity index (χ0) is 25.2. The second kappa shape index (κ2) is 13.0. The van der Waals surface area contributed by atoms with Crippen molar-refractivity contribution in [1.82, 2.24) is 9.80 Å². The van der Waals surface area contributed by atoms with E-state index in [9.17, 15) is 0 Å². The third-order valence-corrected chi connectivity index (χ3v) is 6.54. The molecule has 2 aliphatic rings. The first-order chi connectivity index (χ1) is 16.9. The molecule has 9 nitrogen and oxygen atoms in total. The van der Waals surface area contributed by atoms with Gasteiger partial charge in [-0.15, -0.1) is 0 Å². The van der Waals surface area contributed by atoms with Gasteiger partial charge in [0.2, 0.25) is 0 Å². The van der Waals surface area contributed by atoms with Crippen molar-refractivity contribution in [3.05, 3.63) is 54.1 Å². The molecule has 2 heterocycles. The molecule has 4 rings (SSSR count). The van der Waals surface area contributed by atoms with Crippen molar-refractivity contribution in [2.45, 2.75) is 25.4 Å². The number of rotatable bonds is 6. The summed E-state index contributed by atoms with van der Waals surface area (Å²) < 4.78 is 10.9. The van der Waals surface area contributed by atoms with Crippen LogP contribution in [0.5, 0.6) is 11.5 Å². The minimum atomic E-state index is -1.82. The number of aliphatic carboxylic acids is 2. The molecule has 0 unspecified atom stereocenters. The average molecular weight is 486 g/mol.